The van der Waals surface area contributed by atoms with Crippen LogP contribution in [0.15, 0.2) is 0 Å². The smallest absolute Gasteiger partial charge is 0.309 e. The van der Waals surface area contributed by atoms with Crippen LogP contribution < -0.4 is 0 Å². The number of carbonyl (C=O) groups excluding carboxylic acids is 1. The van der Waals surface area contributed by atoms with Crippen molar-refractivity contribution in [2.24, 2.45) is 17.8 Å². The molecule has 104 valence electrons. The molecule has 0 aromatic heterocycles. The van der Waals surface area contributed by atoms with Gasteiger partial charge in [0.2, 0.25) is 0 Å². The minimum Gasteiger partial charge on any atom is -0.461 e. The summed E-state index contributed by atoms with van der Waals surface area (Å²) >= 11 is 3.77. The number of esters is 1. The Morgan fingerprint density at radius 1 is 1.28 bits per heavy atom. The predicted octanol–water partition coefficient (Wildman–Crippen LogP) is 4.31. The van der Waals surface area contributed by atoms with Crippen LogP contribution in [0.1, 0.15) is 58.8 Å². The van der Waals surface area contributed by atoms with E-state index < -0.39 is 0 Å². The van der Waals surface area contributed by atoms with Crippen molar-refractivity contribution in [2.45, 2.75) is 69.7 Å². The fourth-order valence-corrected chi connectivity index (χ4v) is 4.14. The van der Waals surface area contributed by atoms with Gasteiger partial charge in [-0.15, -0.1) is 0 Å². The molecule has 3 heteroatoms. The molecule has 0 N–H and O–H groups in total. The Kier molecular flexibility index (Phi) is 5.11. The number of hydrogen-bond acceptors (Lipinski definition) is 2. The summed E-state index contributed by atoms with van der Waals surface area (Å²) in [6, 6.07) is 0. The van der Waals surface area contributed by atoms with Crippen LogP contribution in [0, 0.1) is 17.8 Å². The van der Waals surface area contributed by atoms with Gasteiger partial charge in [-0.05, 0) is 24.7 Å². The van der Waals surface area contributed by atoms with Crippen LogP contribution >= 0.6 is 15.9 Å². The maximum Gasteiger partial charge on any atom is 0.309 e. The number of rotatable bonds is 4. The second kappa shape index (κ2) is 6.40. The fourth-order valence-electron chi connectivity index (χ4n) is 3.29. The van der Waals surface area contributed by atoms with E-state index in [0.717, 1.165) is 12.3 Å². The number of ether oxygens (including phenoxy) is 1. The molecule has 1 heterocycles. The minimum atomic E-state index is 0.0168. The molecule has 3 atom stereocenters. The lowest BCUT2D eigenvalue weighted by Crippen LogP contribution is -2.24. The lowest BCUT2D eigenvalue weighted by molar-refractivity contribution is -0.145. The van der Waals surface area contributed by atoms with Gasteiger partial charge in [-0.1, -0.05) is 61.9 Å². The number of cyclic esters (lactones) is 1. The summed E-state index contributed by atoms with van der Waals surface area (Å²) in [5.74, 6) is 1.36. The quantitative estimate of drug-likeness (QED) is 0.570. The van der Waals surface area contributed by atoms with Crippen LogP contribution in [-0.2, 0) is 9.53 Å². The highest BCUT2D eigenvalue weighted by Crippen LogP contribution is 2.36. The molecule has 1 saturated heterocycles. The van der Waals surface area contributed by atoms with Gasteiger partial charge in [0.25, 0.3) is 0 Å². The predicted molar refractivity (Wildman–Crippen MR) is 76.7 cm³/mol. The van der Waals surface area contributed by atoms with Crippen molar-refractivity contribution in [3.05, 3.63) is 0 Å². The molecule has 0 spiro atoms. The third-order valence-electron chi connectivity index (χ3n) is 4.55. The lowest BCUT2D eigenvalue weighted by atomic mass is 9.84. The third-order valence-corrected chi connectivity index (χ3v) is 5.51. The Labute approximate surface area is 119 Å². The second-order valence-corrected chi connectivity index (χ2v) is 7.49. The number of carbonyl (C=O) groups is 1. The highest BCUT2D eigenvalue weighted by atomic mass is 79.9. The van der Waals surface area contributed by atoms with Crippen LogP contribution in [0.2, 0.25) is 0 Å². The zero-order valence-corrected chi connectivity index (χ0v) is 13.1. The Morgan fingerprint density at radius 2 is 1.94 bits per heavy atom. The van der Waals surface area contributed by atoms with Crippen LogP contribution in [0.25, 0.3) is 0 Å². The van der Waals surface area contributed by atoms with Crippen molar-refractivity contribution in [1.29, 1.82) is 0 Å². The molecule has 1 aliphatic carbocycles. The molecule has 1 saturated carbocycles. The van der Waals surface area contributed by atoms with Crippen molar-refractivity contribution in [3.8, 4) is 0 Å². The van der Waals surface area contributed by atoms with Crippen LogP contribution in [-0.4, -0.2) is 16.9 Å². The SMILES string of the molecule is CC(C)[C@@H]1C[C@@H]([C@H](Br)CC2CCCCC2)OC1=O. The van der Waals surface area contributed by atoms with Crippen LogP contribution in [0.5, 0.6) is 0 Å². The molecule has 2 nitrogen and oxygen atoms in total. The Morgan fingerprint density at radius 3 is 2.50 bits per heavy atom. The fraction of sp³-hybridized carbons (Fsp3) is 0.933. The van der Waals surface area contributed by atoms with Crippen molar-refractivity contribution in [1.82, 2.24) is 0 Å². The molecule has 2 fully saturated rings. The summed E-state index contributed by atoms with van der Waals surface area (Å²) in [4.78, 5) is 12.1. The van der Waals surface area contributed by atoms with Gasteiger partial charge in [0.1, 0.15) is 6.10 Å². The van der Waals surface area contributed by atoms with Crippen LogP contribution in [0.3, 0.4) is 0 Å². The van der Waals surface area contributed by atoms with Gasteiger partial charge in [0, 0.05) is 0 Å². The number of hydrogen-bond donors (Lipinski definition) is 0. The Bertz CT molecular complexity index is 284. The first kappa shape index (κ1) is 14.4. The van der Waals surface area contributed by atoms with E-state index in [-0.39, 0.29) is 18.0 Å². The largest absolute Gasteiger partial charge is 0.461 e. The van der Waals surface area contributed by atoms with Gasteiger partial charge >= 0.3 is 5.97 Å². The van der Waals surface area contributed by atoms with Gasteiger partial charge in [-0.3, -0.25) is 4.79 Å². The molecule has 18 heavy (non-hydrogen) atoms. The first-order chi connectivity index (χ1) is 8.58. The van der Waals surface area contributed by atoms with E-state index in [1.807, 2.05) is 0 Å². The lowest BCUT2D eigenvalue weighted by Gasteiger charge is -2.26. The average Bonchev–Trinajstić information content (AvgIpc) is 2.73. The van der Waals surface area contributed by atoms with Crippen molar-refractivity contribution < 1.29 is 9.53 Å². The van der Waals surface area contributed by atoms with E-state index in [4.69, 9.17) is 4.74 Å². The molecule has 2 aliphatic rings. The topological polar surface area (TPSA) is 26.3 Å². The van der Waals surface area contributed by atoms with Crippen molar-refractivity contribution >= 4 is 21.9 Å². The molecule has 0 radical (unpaired) electrons. The summed E-state index contributed by atoms with van der Waals surface area (Å²) in [6.45, 7) is 4.22. The second-order valence-electron chi connectivity index (χ2n) is 6.32. The van der Waals surface area contributed by atoms with E-state index in [1.54, 1.807) is 0 Å². The highest BCUT2D eigenvalue weighted by Gasteiger charge is 2.39. The summed E-state index contributed by atoms with van der Waals surface area (Å²) < 4.78 is 5.55. The van der Waals surface area contributed by atoms with E-state index in [1.165, 1.54) is 38.5 Å². The van der Waals surface area contributed by atoms with E-state index >= 15 is 0 Å². The summed E-state index contributed by atoms with van der Waals surface area (Å²) in [5.41, 5.74) is 0. The summed E-state index contributed by atoms with van der Waals surface area (Å²) in [6.07, 6.45) is 9.05. The zero-order chi connectivity index (χ0) is 13.1. The number of alkyl halides is 1. The average molecular weight is 317 g/mol. The van der Waals surface area contributed by atoms with Gasteiger partial charge in [0.15, 0.2) is 0 Å². The third kappa shape index (κ3) is 3.49. The van der Waals surface area contributed by atoms with Crippen molar-refractivity contribution in [2.75, 3.05) is 0 Å². The molecule has 0 amide bonds. The van der Waals surface area contributed by atoms with E-state index in [2.05, 4.69) is 29.8 Å². The molecule has 0 unspecified atom stereocenters. The summed E-state index contributed by atoms with van der Waals surface area (Å²) in [7, 11) is 0. The Hall–Kier alpha value is -0.0500. The molecule has 0 aromatic rings. The number of halogens is 1. The van der Waals surface area contributed by atoms with E-state index in [0.29, 0.717) is 10.7 Å². The maximum atomic E-state index is 11.8. The highest BCUT2D eigenvalue weighted by molar-refractivity contribution is 9.09. The maximum absolute atomic E-state index is 11.8. The van der Waals surface area contributed by atoms with Gasteiger partial charge in [-0.2, -0.15) is 0 Å². The summed E-state index contributed by atoms with van der Waals surface area (Å²) in [5, 5.41) is 0. The van der Waals surface area contributed by atoms with Gasteiger partial charge in [0.05, 0.1) is 10.7 Å². The molecule has 2 rings (SSSR count). The molecular formula is C15H25BrO2. The zero-order valence-electron chi connectivity index (χ0n) is 11.5. The minimum absolute atomic E-state index is 0.0168. The molecule has 0 bridgehead atoms. The van der Waals surface area contributed by atoms with Gasteiger partial charge in [-0.25, -0.2) is 0 Å². The monoisotopic (exact) mass is 316 g/mol. The normalized spacial score (nSPS) is 31.7. The molecular weight excluding hydrogens is 292 g/mol. The van der Waals surface area contributed by atoms with Crippen LogP contribution in [0.4, 0.5) is 0 Å². The standard InChI is InChI=1S/C15H25BrO2/c1-10(2)12-9-14(18-15(12)17)13(16)8-11-6-4-3-5-7-11/h10-14H,3-9H2,1-2H3/t12-,13+,14-/m0/s1. The van der Waals surface area contributed by atoms with E-state index in [9.17, 15) is 4.79 Å². The van der Waals surface area contributed by atoms with Gasteiger partial charge < -0.3 is 4.74 Å². The van der Waals surface area contributed by atoms with Crippen molar-refractivity contribution in [3.63, 3.8) is 0 Å². The molecule has 1 aliphatic heterocycles. The first-order valence-corrected chi connectivity index (χ1v) is 8.34. The first-order valence-electron chi connectivity index (χ1n) is 7.42. The Balaban J connectivity index is 1.82. The molecule has 0 aromatic carbocycles.